The molecule has 0 aromatic heterocycles. The molecule has 0 radical (unpaired) electrons. The highest BCUT2D eigenvalue weighted by molar-refractivity contribution is 6.42. The van der Waals surface area contributed by atoms with Gasteiger partial charge in [-0.25, -0.2) is 4.79 Å². The summed E-state index contributed by atoms with van der Waals surface area (Å²) in [6.07, 6.45) is 5.18. The number of benzene rings is 2. The Balaban J connectivity index is 1.53. The average Bonchev–Trinajstić information content (AvgIpc) is 2.93. The minimum atomic E-state index is -0.373. The third-order valence-electron chi connectivity index (χ3n) is 7.79. The number of carbonyl (C=O) groups excluding carboxylic acids is 2. The van der Waals surface area contributed by atoms with Crippen molar-refractivity contribution in [1.82, 2.24) is 15.1 Å². The van der Waals surface area contributed by atoms with Crippen molar-refractivity contribution >= 4 is 40.8 Å². The number of ether oxygens (including phenoxy) is 1. The van der Waals surface area contributed by atoms with E-state index in [9.17, 15) is 14.7 Å². The molecule has 218 valence electrons. The Morgan fingerprint density at radius 3 is 2.60 bits per heavy atom. The van der Waals surface area contributed by atoms with Gasteiger partial charge in [0.15, 0.2) is 0 Å². The predicted octanol–water partition coefficient (Wildman–Crippen LogP) is 5.80. The van der Waals surface area contributed by atoms with Gasteiger partial charge >= 0.3 is 6.03 Å². The van der Waals surface area contributed by atoms with E-state index in [0.29, 0.717) is 46.7 Å². The van der Waals surface area contributed by atoms with E-state index in [2.05, 4.69) is 22.5 Å². The van der Waals surface area contributed by atoms with Crippen LogP contribution in [0.4, 0.5) is 10.5 Å². The summed E-state index contributed by atoms with van der Waals surface area (Å²) in [5.74, 6) is 0.210. The lowest BCUT2D eigenvalue weighted by Crippen LogP contribution is -2.49. The van der Waals surface area contributed by atoms with Crippen LogP contribution in [0.1, 0.15) is 61.9 Å². The van der Waals surface area contributed by atoms with E-state index in [1.807, 2.05) is 26.1 Å². The maximum Gasteiger partial charge on any atom is 0.319 e. The Kier molecular flexibility index (Phi) is 10.6. The molecule has 2 aromatic rings. The summed E-state index contributed by atoms with van der Waals surface area (Å²) in [5.41, 5.74) is 1.91. The lowest BCUT2D eigenvalue weighted by Gasteiger charge is -2.38. The van der Waals surface area contributed by atoms with Crippen molar-refractivity contribution in [2.45, 2.75) is 70.7 Å². The normalized spacial score (nSPS) is 20.8. The number of anilines is 1. The molecule has 0 bridgehead atoms. The van der Waals surface area contributed by atoms with Crippen molar-refractivity contribution in [1.29, 1.82) is 0 Å². The fraction of sp³-hybridized carbons (Fsp3) is 0.533. The third kappa shape index (κ3) is 7.81. The molecular weight excluding hydrogens is 551 g/mol. The molecule has 3 atom stereocenters. The zero-order valence-corrected chi connectivity index (χ0v) is 25.0. The molecule has 1 aliphatic carbocycles. The van der Waals surface area contributed by atoms with Gasteiger partial charge in [0.2, 0.25) is 0 Å². The number of amides is 3. The van der Waals surface area contributed by atoms with Crippen LogP contribution in [0, 0.1) is 5.92 Å². The molecule has 1 saturated carbocycles. The Hall–Kier alpha value is -2.52. The Bertz CT molecular complexity index is 1190. The van der Waals surface area contributed by atoms with Crippen LogP contribution < -0.4 is 15.4 Å². The van der Waals surface area contributed by atoms with Gasteiger partial charge < -0.3 is 25.4 Å². The molecule has 8 nitrogen and oxygen atoms in total. The minimum Gasteiger partial charge on any atom is -0.488 e. The summed E-state index contributed by atoms with van der Waals surface area (Å²) < 4.78 is 6.49. The number of urea groups is 1. The second-order valence-corrected chi connectivity index (χ2v) is 12.0. The first-order valence-electron chi connectivity index (χ1n) is 14.1. The van der Waals surface area contributed by atoms with Crippen molar-refractivity contribution < 1.29 is 19.4 Å². The van der Waals surface area contributed by atoms with Crippen molar-refractivity contribution in [2.75, 3.05) is 32.1 Å². The molecule has 0 unspecified atom stereocenters. The monoisotopic (exact) mass is 590 g/mol. The minimum absolute atomic E-state index is 0.0126. The molecule has 1 aliphatic heterocycles. The summed E-state index contributed by atoms with van der Waals surface area (Å²) in [7, 11) is 2.01. The van der Waals surface area contributed by atoms with Crippen molar-refractivity contribution in [3.8, 4) is 5.75 Å². The van der Waals surface area contributed by atoms with Gasteiger partial charge in [-0.05, 0) is 62.7 Å². The smallest absolute Gasteiger partial charge is 0.319 e. The van der Waals surface area contributed by atoms with Gasteiger partial charge in [0.1, 0.15) is 11.9 Å². The predicted molar refractivity (Wildman–Crippen MR) is 159 cm³/mol. The van der Waals surface area contributed by atoms with Crippen LogP contribution >= 0.6 is 23.2 Å². The Labute approximate surface area is 247 Å². The number of fused-ring (bicyclic) bond motifs is 1. The van der Waals surface area contributed by atoms with E-state index >= 15 is 0 Å². The molecule has 40 heavy (non-hydrogen) atoms. The number of nitrogens with zero attached hydrogens (tertiary/aromatic N) is 2. The summed E-state index contributed by atoms with van der Waals surface area (Å²) in [6.45, 7) is 5.39. The van der Waals surface area contributed by atoms with Gasteiger partial charge in [-0.15, -0.1) is 0 Å². The van der Waals surface area contributed by atoms with E-state index in [1.165, 1.54) is 6.42 Å². The van der Waals surface area contributed by atoms with Gasteiger partial charge in [0.05, 0.1) is 28.3 Å². The summed E-state index contributed by atoms with van der Waals surface area (Å²) in [5, 5.41) is 16.9. The van der Waals surface area contributed by atoms with Gasteiger partial charge in [-0.2, -0.15) is 0 Å². The molecule has 0 saturated heterocycles. The van der Waals surface area contributed by atoms with Crippen molar-refractivity contribution in [3.05, 3.63) is 57.6 Å². The summed E-state index contributed by atoms with van der Waals surface area (Å²) in [6, 6.07) is 10.3. The number of hydrogen-bond acceptors (Lipinski definition) is 5. The molecule has 3 N–H and O–H groups in total. The number of halogens is 2. The lowest BCUT2D eigenvalue weighted by molar-refractivity contribution is 0.0341. The van der Waals surface area contributed by atoms with E-state index < -0.39 is 0 Å². The fourth-order valence-electron chi connectivity index (χ4n) is 5.44. The Morgan fingerprint density at radius 1 is 1.15 bits per heavy atom. The molecule has 2 aliphatic rings. The van der Waals surface area contributed by atoms with Crippen LogP contribution in [0.15, 0.2) is 36.4 Å². The lowest BCUT2D eigenvalue weighted by atomic mass is 9.96. The van der Waals surface area contributed by atoms with Crippen molar-refractivity contribution in [3.63, 3.8) is 0 Å². The average molecular weight is 592 g/mol. The molecule has 0 spiro atoms. The van der Waals surface area contributed by atoms with E-state index in [0.717, 1.165) is 31.2 Å². The van der Waals surface area contributed by atoms with Crippen LogP contribution in [-0.2, 0) is 6.54 Å². The number of nitrogens with one attached hydrogen (secondary N) is 2. The van der Waals surface area contributed by atoms with E-state index in [1.54, 1.807) is 29.2 Å². The number of rotatable bonds is 8. The Morgan fingerprint density at radius 2 is 1.90 bits per heavy atom. The first-order chi connectivity index (χ1) is 19.1. The zero-order chi connectivity index (χ0) is 28.8. The second-order valence-electron chi connectivity index (χ2n) is 11.2. The SMILES string of the molecule is C[C@H]1CN([C@@H](C)CO)C(=O)c2cc(NC(=O)NC3CCCCC3)ccc2O[C@@H]1CN(C)Cc1ccc(Cl)c(Cl)c1. The number of hydrogen-bond donors (Lipinski definition) is 3. The van der Waals surface area contributed by atoms with Gasteiger partial charge in [-0.1, -0.05) is 55.5 Å². The molecule has 1 fully saturated rings. The maximum absolute atomic E-state index is 13.7. The molecular formula is C30H40Cl2N4O4. The van der Waals surface area contributed by atoms with E-state index in [4.69, 9.17) is 27.9 Å². The fourth-order valence-corrected chi connectivity index (χ4v) is 5.76. The molecule has 10 heteroatoms. The first kappa shape index (κ1) is 30.4. The summed E-state index contributed by atoms with van der Waals surface area (Å²) >= 11 is 12.3. The van der Waals surface area contributed by atoms with Gasteiger partial charge in [0.25, 0.3) is 5.91 Å². The zero-order valence-electron chi connectivity index (χ0n) is 23.5. The number of carbonyl (C=O) groups is 2. The van der Waals surface area contributed by atoms with Gasteiger partial charge in [0, 0.05) is 37.3 Å². The number of likely N-dealkylation sites (N-methyl/N-ethyl adjacent to an activating group) is 1. The standard InChI is InChI=1S/C30H40Cl2N4O4/c1-19-15-36(20(2)18-37)29(38)24-14-23(34-30(39)33-22-7-5-4-6-8-22)10-12-27(24)40-28(19)17-35(3)16-21-9-11-25(31)26(32)13-21/h9-14,19-20,22,28,37H,4-8,15-18H2,1-3H3,(H2,33,34,39)/t19-,20-,28+/m0/s1. The van der Waals surface area contributed by atoms with Crippen LogP contribution in [0.25, 0.3) is 0 Å². The second kappa shape index (κ2) is 13.9. The van der Waals surface area contributed by atoms with Crippen LogP contribution in [0.3, 0.4) is 0 Å². The number of aliphatic hydroxyl groups is 1. The highest BCUT2D eigenvalue weighted by atomic mass is 35.5. The number of aliphatic hydroxyl groups excluding tert-OH is 1. The maximum atomic E-state index is 13.7. The molecule has 3 amide bonds. The molecule has 1 heterocycles. The highest BCUT2D eigenvalue weighted by Crippen LogP contribution is 2.31. The topological polar surface area (TPSA) is 94.1 Å². The highest BCUT2D eigenvalue weighted by Gasteiger charge is 2.33. The van der Waals surface area contributed by atoms with E-state index in [-0.39, 0.29) is 42.7 Å². The van der Waals surface area contributed by atoms with Crippen LogP contribution in [-0.4, -0.2) is 71.8 Å². The third-order valence-corrected chi connectivity index (χ3v) is 8.53. The summed E-state index contributed by atoms with van der Waals surface area (Å²) in [4.78, 5) is 30.2. The first-order valence-corrected chi connectivity index (χ1v) is 14.8. The molecule has 4 rings (SSSR count). The quantitative estimate of drug-likeness (QED) is 0.361. The van der Waals surface area contributed by atoms with Crippen LogP contribution in [0.2, 0.25) is 10.0 Å². The largest absolute Gasteiger partial charge is 0.488 e. The van der Waals surface area contributed by atoms with Crippen LogP contribution in [0.5, 0.6) is 5.75 Å². The molecule has 2 aromatic carbocycles. The van der Waals surface area contributed by atoms with Gasteiger partial charge in [-0.3, -0.25) is 9.69 Å². The van der Waals surface area contributed by atoms with Crippen molar-refractivity contribution in [2.24, 2.45) is 5.92 Å².